The van der Waals surface area contributed by atoms with Gasteiger partial charge in [-0.15, -0.1) is 0 Å². The minimum absolute atomic E-state index is 0.000552. The fourth-order valence-electron chi connectivity index (χ4n) is 1.20. The zero-order valence-electron chi connectivity index (χ0n) is 7.98. The summed E-state index contributed by atoms with van der Waals surface area (Å²) in [5.74, 6) is 0. The molecular weight excluding hydrogens is 218 g/mol. The summed E-state index contributed by atoms with van der Waals surface area (Å²) < 4.78 is 0. The van der Waals surface area contributed by atoms with E-state index in [0.29, 0.717) is 11.4 Å². The van der Waals surface area contributed by atoms with Crippen molar-refractivity contribution in [2.75, 3.05) is 6.54 Å². The van der Waals surface area contributed by atoms with Gasteiger partial charge in [0, 0.05) is 18.0 Å². The zero-order valence-corrected chi connectivity index (χ0v) is 8.74. The van der Waals surface area contributed by atoms with Crippen molar-refractivity contribution >= 4 is 17.7 Å². The maximum atomic E-state index is 10.2. The van der Waals surface area contributed by atoms with Crippen LogP contribution < -0.4 is 5.32 Å². The van der Waals surface area contributed by atoms with Gasteiger partial charge in [-0.3, -0.25) is 0 Å². The van der Waals surface area contributed by atoms with Crippen LogP contribution in [0.15, 0.2) is 24.3 Å². The van der Waals surface area contributed by atoms with Crippen molar-refractivity contribution in [3.05, 3.63) is 34.9 Å². The van der Waals surface area contributed by atoms with Crippen LogP contribution in [-0.4, -0.2) is 29.0 Å². The first kappa shape index (κ1) is 11.8. The van der Waals surface area contributed by atoms with Gasteiger partial charge in [0.05, 0.1) is 6.10 Å². The Morgan fingerprint density at radius 3 is 2.73 bits per heavy atom. The van der Waals surface area contributed by atoms with Gasteiger partial charge in [-0.25, -0.2) is 4.79 Å². The van der Waals surface area contributed by atoms with Gasteiger partial charge >= 0.3 is 6.09 Å². The molecule has 15 heavy (non-hydrogen) atoms. The number of hydrogen-bond acceptors (Lipinski definition) is 2. The third-order valence-electron chi connectivity index (χ3n) is 1.90. The van der Waals surface area contributed by atoms with Gasteiger partial charge in [0.2, 0.25) is 0 Å². The second kappa shape index (κ2) is 5.58. The van der Waals surface area contributed by atoms with E-state index in [-0.39, 0.29) is 6.54 Å². The van der Waals surface area contributed by atoms with Crippen LogP contribution in [0.1, 0.15) is 5.56 Å². The summed E-state index contributed by atoms with van der Waals surface area (Å²) in [5.41, 5.74) is 0.804. The molecule has 1 aromatic rings. The largest absolute Gasteiger partial charge is 0.465 e. The molecule has 0 radical (unpaired) electrons. The van der Waals surface area contributed by atoms with Crippen LogP contribution in [0.4, 0.5) is 4.79 Å². The van der Waals surface area contributed by atoms with Gasteiger partial charge in [-0.1, -0.05) is 29.8 Å². The summed E-state index contributed by atoms with van der Waals surface area (Å²) in [6, 6.07) is 7.15. The van der Waals surface area contributed by atoms with Crippen LogP contribution in [0.25, 0.3) is 0 Å². The Morgan fingerprint density at radius 1 is 1.47 bits per heavy atom. The van der Waals surface area contributed by atoms with Crippen LogP contribution in [0.2, 0.25) is 5.02 Å². The van der Waals surface area contributed by atoms with E-state index in [1.807, 2.05) is 6.07 Å². The van der Waals surface area contributed by atoms with Gasteiger partial charge in [-0.2, -0.15) is 0 Å². The molecule has 3 N–H and O–H groups in total. The minimum Gasteiger partial charge on any atom is -0.465 e. The molecule has 5 heteroatoms. The van der Waals surface area contributed by atoms with Gasteiger partial charge in [0.25, 0.3) is 0 Å². The highest BCUT2D eigenvalue weighted by Crippen LogP contribution is 2.16. The summed E-state index contributed by atoms with van der Waals surface area (Å²) in [4.78, 5) is 10.2. The SMILES string of the molecule is O=C(O)NC[C@@H](O)Cc1ccccc1Cl. The zero-order chi connectivity index (χ0) is 11.3. The lowest BCUT2D eigenvalue weighted by molar-refractivity contribution is 0.157. The summed E-state index contributed by atoms with van der Waals surface area (Å²) >= 11 is 5.88. The first-order valence-corrected chi connectivity index (χ1v) is 4.85. The molecule has 0 unspecified atom stereocenters. The number of carboxylic acid groups (broad SMARTS) is 1. The van der Waals surface area contributed by atoms with E-state index >= 15 is 0 Å². The number of aliphatic hydroxyl groups excluding tert-OH is 1. The lowest BCUT2D eigenvalue weighted by atomic mass is 10.1. The molecule has 1 amide bonds. The van der Waals surface area contributed by atoms with E-state index < -0.39 is 12.2 Å². The average molecular weight is 230 g/mol. The fraction of sp³-hybridized carbons (Fsp3) is 0.300. The molecule has 4 nitrogen and oxygen atoms in total. The highest BCUT2D eigenvalue weighted by Gasteiger charge is 2.08. The molecule has 1 atom stereocenters. The third-order valence-corrected chi connectivity index (χ3v) is 2.27. The minimum atomic E-state index is -1.15. The molecule has 0 fully saturated rings. The molecule has 1 rings (SSSR count). The molecule has 1 aromatic carbocycles. The number of aliphatic hydroxyl groups is 1. The number of benzene rings is 1. The highest BCUT2D eigenvalue weighted by molar-refractivity contribution is 6.31. The molecular formula is C10H12ClNO3. The molecule has 0 heterocycles. The number of hydrogen-bond donors (Lipinski definition) is 3. The fourth-order valence-corrected chi connectivity index (χ4v) is 1.41. The molecule has 0 saturated carbocycles. The maximum Gasteiger partial charge on any atom is 0.404 e. The van der Waals surface area contributed by atoms with Gasteiger partial charge < -0.3 is 15.5 Å². The molecule has 82 valence electrons. The van der Waals surface area contributed by atoms with Crippen LogP contribution in [0.3, 0.4) is 0 Å². The molecule has 0 aliphatic heterocycles. The highest BCUT2D eigenvalue weighted by atomic mass is 35.5. The van der Waals surface area contributed by atoms with Crippen molar-refractivity contribution in [2.45, 2.75) is 12.5 Å². The van der Waals surface area contributed by atoms with E-state index in [0.717, 1.165) is 5.56 Å². The van der Waals surface area contributed by atoms with Crippen molar-refractivity contribution in [3.63, 3.8) is 0 Å². The topological polar surface area (TPSA) is 69.6 Å². The lowest BCUT2D eigenvalue weighted by Gasteiger charge is -2.11. The molecule has 0 bridgehead atoms. The summed E-state index contributed by atoms with van der Waals surface area (Å²) in [6.07, 6.45) is -1.57. The summed E-state index contributed by atoms with van der Waals surface area (Å²) in [6.45, 7) is 0.000552. The number of rotatable bonds is 4. The number of amides is 1. The van der Waals surface area contributed by atoms with E-state index in [1.54, 1.807) is 18.2 Å². The normalized spacial score (nSPS) is 12.1. The Balaban J connectivity index is 2.47. The Labute approximate surface area is 92.5 Å². The average Bonchev–Trinajstić information content (AvgIpc) is 2.18. The van der Waals surface area contributed by atoms with Gasteiger partial charge in [-0.05, 0) is 11.6 Å². The molecule has 0 saturated heterocycles. The maximum absolute atomic E-state index is 10.2. The van der Waals surface area contributed by atoms with E-state index in [9.17, 15) is 9.90 Å². The van der Waals surface area contributed by atoms with Crippen molar-refractivity contribution in [2.24, 2.45) is 0 Å². The van der Waals surface area contributed by atoms with Crippen molar-refractivity contribution in [3.8, 4) is 0 Å². The Bertz CT molecular complexity index is 343. The van der Waals surface area contributed by atoms with Crippen LogP contribution >= 0.6 is 11.6 Å². The van der Waals surface area contributed by atoms with Gasteiger partial charge in [0.1, 0.15) is 0 Å². The molecule has 0 aliphatic rings. The third kappa shape index (κ3) is 4.18. The predicted molar refractivity (Wildman–Crippen MR) is 57.2 cm³/mol. The predicted octanol–water partition coefficient (Wildman–Crippen LogP) is 1.51. The van der Waals surface area contributed by atoms with E-state index in [1.165, 1.54) is 0 Å². The van der Waals surface area contributed by atoms with Crippen LogP contribution in [0, 0.1) is 0 Å². The van der Waals surface area contributed by atoms with Crippen LogP contribution in [-0.2, 0) is 6.42 Å². The first-order chi connectivity index (χ1) is 7.09. The second-order valence-corrected chi connectivity index (χ2v) is 3.54. The number of halogens is 1. The monoisotopic (exact) mass is 229 g/mol. The standard InChI is InChI=1S/C10H12ClNO3/c11-9-4-2-1-3-7(9)5-8(13)6-12-10(14)15/h1-4,8,12-13H,5-6H2,(H,14,15)/t8-/m0/s1. The smallest absolute Gasteiger partial charge is 0.404 e. The van der Waals surface area contributed by atoms with Crippen molar-refractivity contribution in [1.29, 1.82) is 0 Å². The Hall–Kier alpha value is -1.26. The quantitative estimate of drug-likeness (QED) is 0.733. The van der Waals surface area contributed by atoms with E-state index in [4.69, 9.17) is 16.7 Å². The number of carbonyl (C=O) groups is 1. The van der Waals surface area contributed by atoms with Crippen molar-refractivity contribution < 1.29 is 15.0 Å². The number of nitrogens with one attached hydrogen (secondary N) is 1. The first-order valence-electron chi connectivity index (χ1n) is 4.48. The summed E-state index contributed by atoms with van der Waals surface area (Å²) in [7, 11) is 0. The van der Waals surface area contributed by atoms with E-state index in [2.05, 4.69) is 5.32 Å². The Kier molecular flexibility index (Phi) is 4.39. The van der Waals surface area contributed by atoms with Gasteiger partial charge in [0.15, 0.2) is 0 Å². The lowest BCUT2D eigenvalue weighted by Crippen LogP contribution is -2.32. The molecule has 0 aliphatic carbocycles. The molecule has 0 aromatic heterocycles. The Morgan fingerprint density at radius 2 is 2.13 bits per heavy atom. The summed E-state index contributed by atoms with van der Waals surface area (Å²) in [5, 5.41) is 20.5. The second-order valence-electron chi connectivity index (χ2n) is 3.14. The molecule has 0 spiro atoms. The van der Waals surface area contributed by atoms with Crippen LogP contribution in [0.5, 0.6) is 0 Å². The van der Waals surface area contributed by atoms with Crippen molar-refractivity contribution in [1.82, 2.24) is 5.32 Å².